The van der Waals surface area contributed by atoms with Gasteiger partial charge in [0.1, 0.15) is 10.2 Å². The number of hydrogen-bond acceptors (Lipinski definition) is 5. The Hall–Kier alpha value is 1.32. The predicted molar refractivity (Wildman–Crippen MR) is 69.6 cm³/mol. The molecule has 1 nitrogen and oxygen atoms in total. The number of hydrogen-bond donors (Lipinski definition) is 0. The predicted octanol–water partition coefficient (Wildman–Crippen LogP) is 5.22. The second-order valence-electron chi connectivity index (χ2n) is 2.25. The molecule has 0 unspecified atom stereocenters. The quantitative estimate of drug-likeness (QED) is 0.651. The van der Waals surface area contributed by atoms with E-state index in [1.165, 1.54) is 9.92 Å². The molecule has 0 amide bonds. The first-order valence-electron chi connectivity index (χ1n) is 3.56. The molecular formula is C6H6ClNS5. The first-order valence-corrected chi connectivity index (χ1v) is 10.1. The van der Waals surface area contributed by atoms with Crippen molar-refractivity contribution in [2.24, 2.45) is 0 Å². The third-order valence-electron chi connectivity index (χ3n) is 1.57. The van der Waals surface area contributed by atoms with E-state index in [9.17, 15) is 0 Å². The summed E-state index contributed by atoms with van der Waals surface area (Å²) in [5.41, 5.74) is 0. The minimum Gasteiger partial charge on any atom is -0.325 e. The number of nitrogens with zero attached hydrogens (tertiary/aromatic N) is 1. The van der Waals surface area contributed by atoms with Gasteiger partial charge in [0.25, 0.3) is 0 Å². The smallest absolute Gasteiger partial charge is 0.110 e. The Bertz CT molecular complexity index is 312. The first kappa shape index (κ1) is 10.8. The Morgan fingerprint density at radius 1 is 1.31 bits per heavy atom. The Morgan fingerprint density at radius 3 is 2.85 bits per heavy atom. The lowest BCUT2D eigenvalue weighted by atomic mass is 10.7. The van der Waals surface area contributed by atoms with Gasteiger partial charge in [-0.3, -0.25) is 0 Å². The molecule has 7 heteroatoms. The summed E-state index contributed by atoms with van der Waals surface area (Å²) in [6, 6.07) is 2.05. The molecule has 0 N–H and O–H groups in total. The highest BCUT2D eigenvalue weighted by molar-refractivity contribution is 9.36. The summed E-state index contributed by atoms with van der Waals surface area (Å²) in [7, 11) is 8.99. The Kier molecular flexibility index (Phi) is 4.08. The second-order valence-corrected chi connectivity index (χ2v) is 10.1. The van der Waals surface area contributed by atoms with E-state index in [1.54, 1.807) is 51.1 Å². The van der Waals surface area contributed by atoms with E-state index in [4.69, 9.17) is 11.6 Å². The molecule has 0 spiro atoms. The van der Waals surface area contributed by atoms with Crippen molar-refractivity contribution in [1.82, 2.24) is 4.57 Å². The van der Waals surface area contributed by atoms with Crippen molar-refractivity contribution in [2.75, 3.05) is 0 Å². The SMILES string of the molecule is CCn1c(Cl)cc2c1SSSSS2. The van der Waals surface area contributed by atoms with Crippen LogP contribution in [0.25, 0.3) is 0 Å². The van der Waals surface area contributed by atoms with Crippen LogP contribution in [0.3, 0.4) is 0 Å². The molecule has 72 valence electrons. The maximum atomic E-state index is 6.10. The van der Waals surface area contributed by atoms with Crippen LogP contribution < -0.4 is 0 Å². The molecule has 0 atom stereocenters. The molecule has 0 saturated heterocycles. The molecule has 1 aromatic heterocycles. The maximum absolute atomic E-state index is 6.10. The summed E-state index contributed by atoms with van der Waals surface area (Å²) in [4.78, 5) is 1.29. The zero-order chi connectivity index (χ0) is 9.26. The summed E-state index contributed by atoms with van der Waals surface area (Å²) in [5.74, 6) is 0. The molecule has 2 heterocycles. The van der Waals surface area contributed by atoms with Gasteiger partial charge in [-0.2, -0.15) is 0 Å². The highest BCUT2D eigenvalue weighted by Gasteiger charge is 2.17. The van der Waals surface area contributed by atoms with E-state index >= 15 is 0 Å². The zero-order valence-corrected chi connectivity index (χ0v) is 11.5. The number of aromatic nitrogens is 1. The maximum Gasteiger partial charge on any atom is 0.110 e. The average molecular weight is 288 g/mol. The molecular weight excluding hydrogens is 282 g/mol. The lowest BCUT2D eigenvalue weighted by Crippen LogP contribution is -1.94. The normalized spacial score (nSPS) is 16.8. The standard InChI is InChI=1S/C6H6ClNS5/c1-2-8-5(7)3-4-6(8)10-12-13-11-9-4/h3H,2H2,1H3. The second kappa shape index (κ2) is 4.90. The Morgan fingerprint density at radius 2 is 2.08 bits per heavy atom. The molecule has 2 rings (SSSR count). The van der Waals surface area contributed by atoms with Crippen LogP contribution in [0.5, 0.6) is 0 Å². The van der Waals surface area contributed by atoms with Gasteiger partial charge in [0.2, 0.25) is 0 Å². The molecule has 1 aliphatic rings. The third kappa shape index (κ3) is 2.29. The molecule has 1 aliphatic heterocycles. The van der Waals surface area contributed by atoms with Crippen LogP contribution >= 0.6 is 62.7 Å². The van der Waals surface area contributed by atoms with E-state index < -0.39 is 0 Å². The monoisotopic (exact) mass is 287 g/mol. The molecule has 0 aliphatic carbocycles. The lowest BCUT2D eigenvalue weighted by Gasteiger charge is -2.04. The first-order chi connectivity index (χ1) is 6.33. The summed E-state index contributed by atoms with van der Waals surface area (Å²) in [6.07, 6.45) is 0. The van der Waals surface area contributed by atoms with Crippen LogP contribution in [0.15, 0.2) is 16.0 Å². The summed E-state index contributed by atoms with van der Waals surface area (Å²) >= 11 is 6.10. The van der Waals surface area contributed by atoms with Gasteiger partial charge in [-0.1, -0.05) is 11.6 Å². The fourth-order valence-corrected chi connectivity index (χ4v) is 10.5. The molecule has 0 fully saturated rings. The van der Waals surface area contributed by atoms with E-state index in [2.05, 4.69) is 17.6 Å². The minimum atomic E-state index is 0.848. The highest BCUT2D eigenvalue weighted by atomic mass is 35.5. The summed E-state index contributed by atoms with van der Waals surface area (Å²) in [6.45, 7) is 3.06. The topological polar surface area (TPSA) is 4.93 Å². The van der Waals surface area contributed by atoms with Crippen LogP contribution in [-0.2, 0) is 6.54 Å². The number of rotatable bonds is 1. The van der Waals surface area contributed by atoms with E-state index in [-0.39, 0.29) is 0 Å². The summed E-state index contributed by atoms with van der Waals surface area (Å²) < 4.78 is 2.15. The van der Waals surface area contributed by atoms with Crippen molar-refractivity contribution in [3.8, 4) is 0 Å². The van der Waals surface area contributed by atoms with Crippen LogP contribution in [0.2, 0.25) is 5.15 Å². The van der Waals surface area contributed by atoms with Crippen LogP contribution in [0.1, 0.15) is 6.92 Å². The summed E-state index contributed by atoms with van der Waals surface area (Å²) in [5, 5.41) is 2.14. The highest BCUT2D eigenvalue weighted by Crippen LogP contribution is 2.59. The van der Waals surface area contributed by atoms with Crippen molar-refractivity contribution in [3.63, 3.8) is 0 Å². The van der Waals surface area contributed by atoms with Crippen molar-refractivity contribution >= 4 is 62.7 Å². The van der Waals surface area contributed by atoms with Gasteiger partial charge in [-0.15, -0.1) is 0 Å². The lowest BCUT2D eigenvalue weighted by molar-refractivity contribution is 0.694. The van der Waals surface area contributed by atoms with Gasteiger partial charge in [0.05, 0.1) is 4.90 Å². The minimum absolute atomic E-state index is 0.848. The van der Waals surface area contributed by atoms with Gasteiger partial charge in [0.15, 0.2) is 0 Å². The van der Waals surface area contributed by atoms with Gasteiger partial charge >= 0.3 is 0 Å². The molecule has 0 bridgehead atoms. The van der Waals surface area contributed by atoms with Gasteiger partial charge < -0.3 is 4.57 Å². The van der Waals surface area contributed by atoms with Gasteiger partial charge in [-0.05, 0) is 64.1 Å². The van der Waals surface area contributed by atoms with E-state index in [1.807, 2.05) is 0 Å². The Balaban J connectivity index is 2.41. The van der Waals surface area contributed by atoms with Crippen LogP contribution in [-0.4, -0.2) is 4.57 Å². The average Bonchev–Trinajstić information content (AvgIpc) is 2.32. The van der Waals surface area contributed by atoms with Crippen LogP contribution in [0, 0.1) is 0 Å². The molecule has 1 aromatic rings. The molecule has 13 heavy (non-hydrogen) atoms. The van der Waals surface area contributed by atoms with Gasteiger partial charge in [0, 0.05) is 6.54 Å². The zero-order valence-electron chi connectivity index (χ0n) is 6.65. The van der Waals surface area contributed by atoms with Gasteiger partial charge in [-0.25, -0.2) is 0 Å². The Labute approximate surface area is 101 Å². The molecule has 0 radical (unpaired) electrons. The fourth-order valence-electron chi connectivity index (χ4n) is 1.03. The van der Waals surface area contributed by atoms with Crippen molar-refractivity contribution in [2.45, 2.75) is 23.4 Å². The number of fused-ring (bicyclic) bond motifs is 1. The van der Waals surface area contributed by atoms with Crippen molar-refractivity contribution < 1.29 is 0 Å². The largest absolute Gasteiger partial charge is 0.325 e. The van der Waals surface area contributed by atoms with Crippen LogP contribution in [0.4, 0.5) is 0 Å². The fraction of sp³-hybridized carbons (Fsp3) is 0.333. The van der Waals surface area contributed by atoms with E-state index in [0.717, 1.165) is 11.7 Å². The molecule has 0 aromatic carbocycles. The number of halogens is 1. The van der Waals surface area contributed by atoms with Crippen molar-refractivity contribution in [3.05, 3.63) is 11.2 Å². The molecule has 0 saturated carbocycles. The van der Waals surface area contributed by atoms with E-state index in [0.29, 0.717) is 0 Å². The van der Waals surface area contributed by atoms with Crippen molar-refractivity contribution in [1.29, 1.82) is 0 Å². The third-order valence-corrected chi connectivity index (χ3v) is 10.3.